The molecule has 1 aromatic rings. The first-order valence-electron chi connectivity index (χ1n) is 6.44. The Kier molecular flexibility index (Phi) is 6.49. The second-order valence-corrected chi connectivity index (χ2v) is 6.41. The highest BCUT2D eigenvalue weighted by atomic mass is 79.9. The van der Waals surface area contributed by atoms with Gasteiger partial charge < -0.3 is 10.1 Å². The number of alkyl halides is 3. The van der Waals surface area contributed by atoms with E-state index < -0.39 is 13.0 Å². The van der Waals surface area contributed by atoms with E-state index in [-0.39, 0.29) is 12.1 Å². The summed E-state index contributed by atoms with van der Waals surface area (Å²) in [7, 11) is 0. The van der Waals surface area contributed by atoms with Gasteiger partial charge >= 0.3 is 6.36 Å². The van der Waals surface area contributed by atoms with Crippen molar-refractivity contribution < 1.29 is 22.6 Å². The van der Waals surface area contributed by atoms with Crippen LogP contribution in [0.4, 0.5) is 13.2 Å². The van der Waals surface area contributed by atoms with Crippen molar-refractivity contribution in [3.8, 4) is 5.75 Å². The van der Waals surface area contributed by atoms with Gasteiger partial charge in [-0.05, 0) is 39.0 Å². The van der Waals surface area contributed by atoms with E-state index in [1.807, 2.05) is 26.8 Å². The lowest BCUT2D eigenvalue weighted by atomic mass is 10.1. The molecule has 3 nitrogen and oxygen atoms in total. The highest BCUT2D eigenvalue weighted by Crippen LogP contribution is 2.24. The van der Waals surface area contributed by atoms with Crippen LogP contribution in [0.3, 0.4) is 0 Å². The van der Waals surface area contributed by atoms with Crippen molar-refractivity contribution in [3.05, 3.63) is 28.2 Å². The van der Waals surface area contributed by atoms with Crippen molar-refractivity contribution in [2.75, 3.05) is 13.2 Å². The van der Waals surface area contributed by atoms with E-state index in [4.69, 9.17) is 4.74 Å². The van der Waals surface area contributed by atoms with Crippen LogP contribution in [0.2, 0.25) is 0 Å². The smallest absolute Gasteiger partial charge is 0.491 e. The van der Waals surface area contributed by atoms with Crippen LogP contribution >= 0.6 is 15.9 Å². The second-order valence-electron chi connectivity index (χ2n) is 5.50. The molecule has 0 aliphatic rings. The second kappa shape index (κ2) is 7.47. The molecule has 0 aromatic heterocycles. The summed E-state index contributed by atoms with van der Waals surface area (Å²) in [6.45, 7) is 5.95. The number of nitrogens with one attached hydrogen (secondary N) is 1. The standard InChI is InChI=1S/C14H19BrF3NO2/c1-13(2,3)19-9-10-8-11(15)4-5-12(10)20-6-7-21-14(16,17)18/h4-5,8,19H,6-7,9H2,1-3H3. The Morgan fingerprint density at radius 1 is 1.14 bits per heavy atom. The molecule has 0 heterocycles. The lowest BCUT2D eigenvalue weighted by molar-refractivity contribution is -0.325. The first-order valence-corrected chi connectivity index (χ1v) is 7.23. The van der Waals surface area contributed by atoms with Gasteiger partial charge in [0.25, 0.3) is 0 Å². The van der Waals surface area contributed by atoms with Gasteiger partial charge in [0.1, 0.15) is 12.4 Å². The zero-order chi connectivity index (χ0) is 16.1. The monoisotopic (exact) mass is 369 g/mol. The zero-order valence-corrected chi connectivity index (χ0v) is 13.8. The molecule has 0 saturated heterocycles. The fraction of sp³-hybridized carbons (Fsp3) is 0.571. The van der Waals surface area contributed by atoms with Gasteiger partial charge in [-0.1, -0.05) is 15.9 Å². The van der Waals surface area contributed by atoms with Crippen LogP contribution in [0.15, 0.2) is 22.7 Å². The Labute approximate surface area is 130 Å². The molecule has 1 rings (SSSR count). The maximum atomic E-state index is 11.9. The minimum absolute atomic E-state index is 0.0705. The minimum atomic E-state index is -4.63. The SMILES string of the molecule is CC(C)(C)NCc1cc(Br)ccc1OCCOC(F)(F)F. The maximum Gasteiger partial charge on any atom is 0.522 e. The van der Waals surface area contributed by atoms with Gasteiger partial charge in [-0.15, -0.1) is 13.2 Å². The van der Waals surface area contributed by atoms with Gasteiger partial charge in [-0.3, -0.25) is 4.74 Å². The van der Waals surface area contributed by atoms with Crippen LogP contribution in [-0.4, -0.2) is 25.1 Å². The molecule has 0 amide bonds. The molecule has 0 fully saturated rings. The zero-order valence-electron chi connectivity index (χ0n) is 12.2. The molecule has 21 heavy (non-hydrogen) atoms. The van der Waals surface area contributed by atoms with Crippen LogP contribution in [0, 0.1) is 0 Å². The largest absolute Gasteiger partial charge is 0.522 e. The van der Waals surface area contributed by atoms with E-state index in [1.165, 1.54) is 0 Å². The first kappa shape index (κ1) is 18.3. The van der Waals surface area contributed by atoms with Crippen LogP contribution in [0.1, 0.15) is 26.3 Å². The molecule has 0 atom stereocenters. The molecule has 7 heteroatoms. The molecule has 0 bridgehead atoms. The number of halogens is 4. The highest BCUT2D eigenvalue weighted by Gasteiger charge is 2.28. The fourth-order valence-electron chi connectivity index (χ4n) is 1.50. The van der Waals surface area contributed by atoms with E-state index in [0.717, 1.165) is 10.0 Å². The van der Waals surface area contributed by atoms with Gasteiger partial charge in [0, 0.05) is 22.1 Å². The van der Waals surface area contributed by atoms with Gasteiger partial charge in [0.15, 0.2) is 0 Å². The van der Waals surface area contributed by atoms with E-state index in [9.17, 15) is 13.2 Å². The molecule has 0 radical (unpaired) electrons. The van der Waals surface area contributed by atoms with Gasteiger partial charge in [0.05, 0.1) is 6.61 Å². The summed E-state index contributed by atoms with van der Waals surface area (Å²) >= 11 is 3.37. The Hall–Kier alpha value is -0.790. The fourth-order valence-corrected chi connectivity index (χ4v) is 1.90. The quantitative estimate of drug-likeness (QED) is 0.760. The third-order valence-electron chi connectivity index (χ3n) is 2.44. The Balaban J connectivity index is 2.60. The molecule has 1 aromatic carbocycles. The van der Waals surface area contributed by atoms with Crippen molar-refractivity contribution in [1.82, 2.24) is 5.32 Å². The topological polar surface area (TPSA) is 30.5 Å². The van der Waals surface area contributed by atoms with Gasteiger partial charge in [-0.25, -0.2) is 0 Å². The predicted molar refractivity (Wildman–Crippen MR) is 78.2 cm³/mol. The van der Waals surface area contributed by atoms with Crippen LogP contribution < -0.4 is 10.1 Å². The van der Waals surface area contributed by atoms with E-state index in [0.29, 0.717) is 12.3 Å². The summed E-state index contributed by atoms with van der Waals surface area (Å²) in [5, 5.41) is 3.31. The lowest BCUT2D eigenvalue weighted by Crippen LogP contribution is -2.35. The molecular weight excluding hydrogens is 351 g/mol. The van der Waals surface area contributed by atoms with Crippen molar-refractivity contribution in [2.45, 2.75) is 39.2 Å². The predicted octanol–water partition coefficient (Wildman–Crippen LogP) is 4.25. The normalized spacial score (nSPS) is 12.5. The van der Waals surface area contributed by atoms with Crippen LogP contribution in [0.5, 0.6) is 5.75 Å². The summed E-state index contributed by atoms with van der Waals surface area (Å²) in [5.74, 6) is 0.542. The summed E-state index contributed by atoms with van der Waals surface area (Å²) in [6.07, 6.45) is -4.63. The van der Waals surface area contributed by atoms with Gasteiger partial charge in [-0.2, -0.15) is 0 Å². The van der Waals surface area contributed by atoms with E-state index in [2.05, 4.69) is 26.0 Å². The first-order chi connectivity index (χ1) is 9.57. The van der Waals surface area contributed by atoms with Crippen LogP contribution in [-0.2, 0) is 11.3 Å². The highest BCUT2D eigenvalue weighted by molar-refractivity contribution is 9.10. The van der Waals surface area contributed by atoms with Crippen molar-refractivity contribution in [1.29, 1.82) is 0 Å². The minimum Gasteiger partial charge on any atom is -0.491 e. The Morgan fingerprint density at radius 3 is 2.38 bits per heavy atom. The average molecular weight is 370 g/mol. The van der Waals surface area contributed by atoms with E-state index in [1.54, 1.807) is 12.1 Å². The Morgan fingerprint density at radius 2 is 1.81 bits per heavy atom. The molecule has 120 valence electrons. The number of hydrogen-bond acceptors (Lipinski definition) is 3. The molecule has 0 spiro atoms. The van der Waals surface area contributed by atoms with Crippen molar-refractivity contribution in [2.24, 2.45) is 0 Å². The average Bonchev–Trinajstić information content (AvgIpc) is 2.31. The molecule has 1 N–H and O–H groups in total. The summed E-state index contributed by atoms with van der Waals surface area (Å²) in [6, 6.07) is 5.37. The number of rotatable bonds is 6. The van der Waals surface area contributed by atoms with E-state index >= 15 is 0 Å². The molecular formula is C14H19BrF3NO2. The van der Waals surface area contributed by atoms with Crippen molar-refractivity contribution in [3.63, 3.8) is 0 Å². The maximum absolute atomic E-state index is 11.9. The third-order valence-corrected chi connectivity index (χ3v) is 2.93. The van der Waals surface area contributed by atoms with Gasteiger partial charge in [0.2, 0.25) is 0 Å². The lowest BCUT2D eigenvalue weighted by Gasteiger charge is -2.22. The summed E-state index contributed by atoms with van der Waals surface area (Å²) in [5.41, 5.74) is 0.796. The molecule has 0 unspecified atom stereocenters. The molecule has 0 aliphatic heterocycles. The summed E-state index contributed by atoms with van der Waals surface area (Å²) in [4.78, 5) is 0. The number of ether oxygens (including phenoxy) is 2. The number of benzene rings is 1. The van der Waals surface area contributed by atoms with Crippen LogP contribution in [0.25, 0.3) is 0 Å². The third kappa shape index (κ3) is 8.28. The summed E-state index contributed by atoms with van der Waals surface area (Å²) < 4.78 is 45.5. The molecule has 0 aliphatic carbocycles. The molecule has 0 saturated carbocycles. The Bertz CT molecular complexity index is 459. The van der Waals surface area contributed by atoms with Crippen molar-refractivity contribution >= 4 is 15.9 Å². The number of hydrogen-bond donors (Lipinski definition) is 1.